The Morgan fingerprint density at radius 3 is 2.12 bits per heavy atom. The molecule has 0 radical (unpaired) electrons. The minimum Gasteiger partial charge on any atom is -0.318 e. The van der Waals surface area contributed by atoms with Gasteiger partial charge in [-0.25, -0.2) is 5.43 Å². The lowest BCUT2D eigenvalue weighted by Gasteiger charge is -2.34. The van der Waals surface area contributed by atoms with Crippen LogP contribution in [0.15, 0.2) is 29.4 Å². The largest absolute Gasteiger partial charge is 0.329 e. The van der Waals surface area contributed by atoms with E-state index in [0.717, 1.165) is 31.4 Å². The number of hydrogen-bond donors (Lipinski definition) is 2. The van der Waals surface area contributed by atoms with E-state index in [0.29, 0.717) is 22.9 Å². The molecule has 26 heavy (non-hydrogen) atoms. The van der Waals surface area contributed by atoms with Crippen LogP contribution in [0, 0.1) is 11.3 Å². The molecule has 1 saturated carbocycles. The molecular formula is C21H31N3O2. The maximum atomic E-state index is 12.0. The first-order valence-electron chi connectivity index (χ1n) is 9.43. The lowest BCUT2D eigenvalue weighted by atomic mass is 9.72. The van der Waals surface area contributed by atoms with E-state index in [1.54, 1.807) is 12.1 Å². The highest BCUT2D eigenvalue weighted by molar-refractivity contribution is 6.39. The monoisotopic (exact) mass is 357 g/mol. The topological polar surface area (TPSA) is 70.6 Å². The maximum absolute atomic E-state index is 12.0. The van der Waals surface area contributed by atoms with Crippen LogP contribution in [0.1, 0.15) is 71.8 Å². The summed E-state index contributed by atoms with van der Waals surface area (Å²) in [5.41, 5.74) is 5.45. The first-order valence-corrected chi connectivity index (χ1v) is 9.43. The average molecular weight is 357 g/mol. The van der Waals surface area contributed by atoms with Gasteiger partial charge in [0.15, 0.2) is 0 Å². The Bertz CT molecular complexity index is 659. The van der Waals surface area contributed by atoms with Gasteiger partial charge in [-0.05, 0) is 60.6 Å². The van der Waals surface area contributed by atoms with Crippen molar-refractivity contribution in [3.63, 3.8) is 0 Å². The predicted octanol–water partition coefficient (Wildman–Crippen LogP) is 4.46. The van der Waals surface area contributed by atoms with Crippen LogP contribution < -0.4 is 10.7 Å². The van der Waals surface area contributed by atoms with Crippen molar-refractivity contribution in [3.05, 3.63) is 29.8 Å². The molecule has 0 atom stereocenters. The molecule has 142 valence electrons. The number of rotatable bonds is 3. The number of nitrogens with zero attached hydrogens (tertiary/aromatic N) is 1. The van der Waals surface area contributed by atoms with Crippen molar-refractivity contribution in [1.29, 1.82) is 0 Å². The van der Waals surface area contributed by atoms with Gasteiger partial charge in [0.05, 0.1) is 0 Å². The van der Waals surface area contributed by atoms with Crippen LogP contribution in [-0.2, 0) is 9.59 Å². The van der Waals surface area contributed by atoms with Crippen molar-refractivity contribution in [2.24, 2.45) is 16.4 Å². The zero-order chi connectivity index (χ0) is 19.3. The summed E-state index contributed by atoms with van der Waals surface area (Å²) in [6.45, 7) is 11.0. The summed E-state index contributed by atoms with van der Waals surface area (Å²) in [4.78, 5) is 24.0. The van der Waals surface area contributed by atoms with Crippen molar-refractivity contribution < 1.29 is 9.59 Å². The number of hydrazone groups is 1. The molecule has 0 heterocycles. The summed E-state index contributed by atoms with van der Waals surface area (Å²) < 4.78 is 0. The normalized spacial score (nSPS) is 17.8. The summed E-state index contributed by atoms with van der Waals surface area (Å²) in [6.07, 6.45) is 3.90. The molecule has 1 aromatic rings. The Hall–Kier alpha value is -2.17. The molecule has 5 heteroatoms. The molecule has 1 fully saturated rings. The van der Waals surface area contributed by atoms with Crippen LogP contribution in [0.2, 0.25) is 0 Å². The third-order valence-corrected chi connectivity index (χ3v) is 5.14. The molecule has 1 aromatic carbocycles. The van der Waals surface area contributed by atoms with Gasteiger partial charge in [-0.15, -0.1) is 0 Å². The number of hydrogen-bond acceptors (Lipinski definition) is 3. The SMILES string of the molecule is CC(C)c1ccc(NC(=O)C(=O)NN=C2CCC(C(C)(C)C)CC2)cc1. The van der Waals surface area contributed by atoms with Crippen LogP contribution in [0.5, 0.6) is 0 Å². The Labute approximate surface area is 156 Å². The van der Waals surface area contributed by atoms with Crippen molar-refractivity contribution in [3.8, 4) is 0 Å². The average Bonchev–Trinajstić information content (AvgIpc) is 2.59. The van der Waals surface area contributed by atoms with Gasteiger partial charge in [-0.1, -0.05) is 46.8 Å². The molecule has 2 rings (SSSR count). The standard InChI is InChI=1S/C21H31N3O2/c1-14(2)15-6-10-17(11-7-15)22-19(25)20(26)24-23-18-12-8-16(9-13-18)21(3,4)5/h6-7,10-11,14,16H,8-9,12-13H2,1-5H3,(H,22,25)(H,24,26). The van der Waals surface area contributed by atoms with Crippen LogP contribution in [0.4, 0.5) is 5.69 Å². The Morgan fingerprint density at radius 1 is 1.04 bits per heavy atom. The van der Waals surface area contributed by atoms with Gasteiger partial charge >= 0.3 is 11.8 Å². The Morgan fingerprint density at radius 2 is 1.62 bits per heavy atom. The van der Waals surface area contributed by atoms with Crippen LogP contribution in [0.3, 0.4) is 0 Å². The van der Waals surface area contributed by atoms with Gasteiger partial charge in [-0.2, -0.15) is 5.10 Å². The van der Waals surface area contributed by atoms with Crippen molar-refractivity contribution >= 4 is 23.2 Å². The second-order valence-corrected chi connectivity index (χ2v) is 8.49. The molecular weight excluding hydrogens is 326 g/mol. The van der Waals surface area contributed by atoms with E-state index in [1.165, 1.54) is 5.56 Å². The highest BCUT2D eigenvalue weighted by atomic mass is 16.2. The fourth-order valence-corrected chi connectivity index (χ4v) is 3.25. The van der Waals surface area contributed by atoms with E-state index in [1.807, 2.05) is 12.1 Å². The molecule has 0 unspecified atom stereocenters. The second kappa shape index (κ2) is 8.47. The summed E-state index contributed by atoms with van der Waals surface area (Å²) in [6, 6.07) is 7.51. The highest BCUT2D eigenvalue weighted by Crippen LogP contribution is 2.36. The van der Waals surface area contributed by atoms with Crippen molar-refractivity contribution in [1.82, 2.24) is 5.43 Å². The molecule has 1 aliphatic rings. The van der Waals surface area contributed by atoms with E-state index in [2.05, 4.69) is 50.5 Å². The number of carbonyl (C=O) groups excluding carboxylic acids is 2. The quantitative estimate of drug-likeness (QED) is 0.619. The highest BCUT2D eigenvalue weighted by Gasteiger charge is 2.28. The summed E-state index contributed by atoms with van der Waals surface area (Å²) >= 11 is 0. The van der Waals surface area contributed by atoms with Gasteiger partial charge in [0.2, 0.25) is 0 Å². The lowest BCUT2D eigenvalue weighted by Crippen LogP contribution is -2.34. The molecule has 0 saturated heterocycles. The fraction of sp³-hybridized carbons (Fsp3) is 0.571. The van der Waals surface area contributed by atoms with Gasteiger partial charge in [0.25, 0.3) is 0 Å². The third-order valence-electron chi connectivity index (χ3n) is 5.14. The summed E-state index contributed by atoms with van der Waals surface area (Å²) in [5, 5.41) is 6.76. The van der Waals surface area contributed by atoms with Gasteiger partial charge in [-0.3, -0.25) is 9.59 Å². The van der Waals surface area contributed by atoms with E-state index in [4.69, 9.17) is 0 Å². The molecule has 2 N–H and O–H groups in total. The molecule has 0 aromatic heterocycles. The molecule has 0 bridgehead atoms. The zero-order valence-electron chi connectivity index (χ0n) is 16.6. The number of nitrogens with one attached hydrogen (secondary N) is 2. The molecule has 5 nitrogen and oxygen atoms in total. The number of benzene rings is 1. The second-order valence-electron chi connectivity index (χ2n) is 8.49. The Balaban J connectivity index is 1.83. The van der Waals surface area contributed by atoms with Crippen LogP contribution >= 0.6 is 0 Å². The fourth-order valence-electron chi connectivity index (χ4n) is 3.25. The van der Waals surface area contributed by atoms with Crippen molar-refractivity contribution in [2.45, 2.75) is 66.2 Å². The van der Waals surface area contributed by atoms with E-state index in [9.17, 15) is 9.59 Å². The number of anilines is 1. The Kier molecular flexibility index (Phi) is 6.57. The van der Waals surface area contributed by atoms with E-state index < -0.39 is 11.8 Å². The minimum absolute atomic E-state index is 0.305. The zero-order valence-corrected chi connectivity index (χ0v) is 16.6. The first-order chi connectivity index (χ1) is 12.2. The number of carbonyl (C=O) groups is 2. The van der Waals surface area contributed by atoms with Crippen LogP contribution in [-0.4, -0.2) is 17.5 Å². The summed E-state index contributed by atoms with van der Waals surface area (Å²) in [5.74, 6) is -0.333. The van der Waals surface area contributed by atoms with E-state index >= 15 is 0 Å². The predicted molar refractivity (Wildman–Crippen MR) is 106 cm³/mol. The van der Waals surface area contributed by atoms with Crippen LogP contribution in [0.25, 0.3) is 0 Å². The van der Waals surface area contributed by atoms with Gasteiger partial charge in [0, 0.05) is 11.4 Å². The number of amides is 2. The lowest BCUT2D eigenvalue weighted by molar-refractivity contribution is -0.136. The maximum Gasteiger partial charge on any atom is 0.329 e. The molecule has 1 aliphatic carbocycles. The van der Waals surface area contributed by atoms with Gasteiger partial charge in [0.1, 0.15) is 0 Å². The van der Waals surface area contributed by atoms with Gasteiger partial charge < -0.3 is 5.32 Å². The van der Waals surface area contributed by atoms with E-state index in [-0.39, 0.29) is 0 Å². The smallest absolute Gasteiger partial charge is 0.318 e. The summed E-state index contributed by atoms with van der Waals surface area (Å²) in [7, 11) is 0. The van der Waals surface area contributed by atoms with Crippen molar-refractivity contribution in [2.75, 3.05) is 5.32 Å². The third kappa shape index (κ3) is 5.68. The first kappa shape index (κ1) is 20.1. The molecule has 2 amide bonds. The minimum atomic E-state index is -0.733. The molecule has 0 spiro atoms. The molecule has 0 aliphatic heterocycles.